The summed E-state index contributed by atoms with van der Waals surface area (Å²) in [5.74, 6) is 0. The molecule has 30 heavy (non-hydrogen) atoms. The fraction of sp³-hybridized carbons (Fsp3) is 1.00. The van der Waals surface area contributed by atoms with E-state index in [-0.39, 0.29) is 0 Å². The number of hydrogen-bond acceptors (Lipinski definition) is 5. The number of nitrogens with zero attached hydrogens (tertiary/aromatic N) is 4. The summed E-state index contributed by atoms with van der Waals surface area (Å²) in [5.41, 5.74) is 0. The molecule has 0 aliphatic rings. The fourth-order valence-corrected chi connectivity index (χ4v) is 4.22. The Labute approximate surface area is 190 Å². The van der Waals surface area contributed by atoms with Crippen molar-refractivity contribution >= 4 is 0 Å². The van der Waals surface area contributed by atoms with E-state index >= 15 is 0 Å². The van der Waals surface area contributed by atoms with Crippen molar-refractivity contribution < 1.29 is 0 Å². The molecule has 5 heteroatoms. The first-order valence-corrected chi connectivity index (χ1v) is 12.7. The quantitative estimate of drug-likeness (QED) is 0.335. The van der Waals surface area contributed by atoms with Crippen molar-refractivity contribution in [2.24, 2.45) is 0 Å². The number of nitrogens with one attached hydrogen (secondary N) is 1. The molecule has 0 aromatic heterocycles. The van der Waals surface area contributed by atoms with Gasteiger partial charge in [0.05, 0.1) is 0 Å². The van der Waals surface area contributed by atoms with Crippen LogP contribution in [0.2, 0.25) is 0 Å². The Morgan fingerprint density at radius 1 is 0.467 bits per heavy atom. The molecule has 0 unspecified atom stereocenters. The van der Waals surface area contributed by atoms with Crippen LogP contribution in [0.25, 0.3) is 0 Å². The van der Waals surface area contributed by atoms with Gasteiger partial charge in [0, 0.05) is 82.6 Å². The molecule has 5 nitrogen and oxygen atoms in total. The van der Waals surface area contributed by atoms with Crippen LogP contribution < -0.4 is 5.32 Å². The molecule has 0 bridgehead atoms. The van der Waals surface area contributed by atoms with Crippen molar-refractivity contribution in [1.82, 2.24) is 24.9 Å². The molecule has 0 aromatic rings. The standard InChI is InChI=1S/C25H57N5/c1-12-27(21(2)3)17-18-28(22(4)5)15-13-26-14-16-29(23(6)7)19-20-30(24(8)9)25(10)11/h21-26H,12-20H2,1-11H3. The van der Waals surface area contributed by atoms with E-state index in [0.717, 1.165) is 58.9 Å². The minimum absolute atomic E-state index is 0.594. The van der Waals surface area contributed by atoms with Crippen LogP contribution in [0, 0.1) is 0 Å². The van der Waals surface area contributed by atoms with E-state index < -0.39 is 0 Å². The van der Waals surface area contributed by atoms with Gasteiger partial charge in [-0.15, -0.1) is 0 Å². The summed E-state index contributed by atoms with van der Waals surface area (Å²) in [6.07, 6.45) is 0. The molecular formula is C25H57N5. The average Bonchev–Trinajstić information content (AvgIpc) is 2.63. The van der Waals surface area contributed by atoms with Crippen molar-refractivity contribution in [1.29, 1.82) is 0 Å². The zero-order valence-corrected chi connectivity index (χ0v) is 22.5. The second kappa shape index (κ2) is 16.4. The first-order valence-electron chi connectivity index (χ1n) is 12.7. The Balaban J connectivity index is 4.33. The molecule has 0 aliphatic heterocycles. The first-order chi connectivity index (χ1) is 14.0. The minimum atomic E-state index is 0.594. The maximum Gasteiger partial charge on any atom is 0.0115 e. The largest absolute Gasteiger partial charge is 0.314 e. The van der Waals surface area contributed by atoms with Crippen molar-refractivity contribution in [3.63, 3.8) is 0 Å². The second-order valence-corrected chi connectivity index (χ2v) is 10.2. The highest BCUT2D eigenvalue weighted by Gasteiger charge is 2.17. The van der Waals surface area contributed by atoms with E-state index in [0.29, 0.717) is 30.2 Å². The molecule has 182 valence electrons. The molecule has 0 atom stereocenters. The van der Waals surface area contributed by atoms with Gasteiger partial charge in [0.15, 0.2) is 0 Å². The van der Waals surface area contributed by atoms with Gasteiger partial charge in [-0.2, -0.15) is 0 Å². The molecule has 0 rings (SSSR count). The number of likely N-dealkylation sites (N-methyl/N-ethyl adjacent to an activating group) is 1. The lowest BCUT2D eigenvalue weighted by Crippen LogP contribution is -2.46. The lowest BCUT2D eigenvalue weighted by molar-refractivity contribution is 0.129. The molecule has 0 amide bonds. The molecule has 0 heterocycles. The summed E-state index contributed by atoms with van der Waals surface area (Å²) < 4.78 is 0. The van der Waals surface area contributed by atoms with Gasteiger partial charge in [-0.05, 0) is 75.8 Å². The molecule has 1 N–H and O–H groups in total. The molecule has 0 saturated heterocycles. The highest BCUT2D eigenvalue weighted by atomic mass is 15.2. The van der Waals surface area contributed by atoms with Crippen LogP contribution >= 0.6 is 0 Å². The summed E-state index contributed by atoms with van der Waals surface area (Å²) in [5, 5.41) is 3.70. The Kier molecular flexibility index (Phi) is 16.3. The monoisotopic (exact) mass is 427 g/mol. The predicted octanol–water partition coefficient (Wildman–Crippen LogP) is 3.85. The van der Waals surface area contributed by atoms with E-state index in [2.05, 4.69) is 101 Å². The lowest BCUT2D eigenvalue weighted by atomic mass is 10.2. The lowest BCUT2D eigenvalue weighted by Gasteiger charge is -2.34. The van der Waals surface area contributed by atoms with Crippen LogP contribution in [-0.4, -0.2) is 109 Å². The molecule has 0 aromatic carbocycles. The minimum Gasteiger partial charge on any atom is -0.314 e. The van der Waals surface area contributed by atoms with Gasteiger partial charge >= 0.3 is 0 Å². The predicted molar refractivity (Wildman–Crippen MR) is 136 cm³/mol. The summed E-state index contributed by atoms with van der Waals surface area (Å²) in [6.45, 7) is 35.5. The van der Waals surface area contributed by atoms with E-state index in [1.165, 1.54) is 0 Å². The van der Waals surface area contributed by atoms with Crippen LogP contribution in [0.5, 0.6) is 0 Å². The van der Waals surface area contributed by atoms with Crippen molar-refractivity contribution in [3.8, 4) is 0 Å². The van der Waals surface area contributed by atoms with Crippen molar-refractivity contribution in [2.75, 3.05) is 58.9 Å². The summed E-state index contributed by atoms with van der Waals surface area (Å²) in [7, 11) is 0. The third kappa shape index (κ3) is 12.6. The fourth-order valence-electron chi connectivity index (χ4n) is 4.22. The molecule has 0 saturated carbocycles. The zero-order chi connectivity index (χ0) is 23.3. The number of rotatable bonds is 18. The second-order valence-electron chi connectivity index (χ2n) is 10.2. The van der Waals surface area contributed by atoms with Gasteiger partial charge in [0.25, 0.3) is 0 Å². The van der Waals surface area contributed by atoms with E-state index in [1.807, 2.05) is 0 Å². The van der Waals surface area contributed by atoms with E-state index in [9.17, 15) is 0 Å². The van der Waals surface area contributed by atoms with Gasteiger partial charge < -0.3 is 5.32 Å². The smallest absolute Gasteiger partial charge is 0.0115 e. The average molecular weight is 428 g/mol. The Bertz CT molecular complexity index is 387. The third-order valence-corrected chi connectivity index (χ3v) is 6.40. The molecule has 0 radical (unpaired) electrons. The molecule has 0 fully saturated rings. The van der Waals surface area contributed by atoms with Crippen LogP contribution in [0.1, 0.15) is 76.2 Å². The Morgan fingerprint density at radius 3 is 1.17 bits per heavy atom. The summed E-state index contributed by atoms with van der Waals surface area (Å²) >= 11 is 0. The molecular weight excluding hydrogens is 370 g/mol. The third-order valence-electron chi connectivity index (χ3n) is 6.40. The molecule has 0 spiro atoms. The van der Waals surface area contributed by atoms with Gasteiger partial charge in [0.2, 0.25) is 0 Å². The van der Waals surface area contributed by atoms with Gasteiger partial charge in [0.1, 0.15) is 0 Å². The first kappa shape index (κ1) is 29.8. The Morgan fingerprint density at radius 2 is 0.833 bits per heavy atom. The van der Waals surface area contributed by atoms with Crippen molar-refractivity contribution in [3.05, 3.63) is 0 Å². The number of hydrogen-bond donors (Lipinski definition) is 1. The van der Waals surface area contributed by atoms with Crippen LogP contribution in [0.4, 0.5) is 0 Å². The highest BCUT2D eigenvalue weighted by molar-refractivity contribution is 4.73. The Hall–Kier alpha value is -0.200. The van der Waals surface area contributed by atoms with E-state index in [1.54, 1.807) is 0 Å². The van der Waals surface area contributed by atoms with Crippen LogP contribution in [0.3, 0.4) is 0 Å². The summed E-state index contributed by atoms with van der Waals surface area (Å²) in [6, 6.07) is 3.04. The normalized spacial score (nSPS) is 13.2. The SMILES string of the molecule is CCN(CCN(CCNCCN(CCN(C(C)C)C(C)C)C(C)C)C(C)C)C(C)C. The summed E-state index contributed by atoms with van der Waals surface area (Å²) in [4.78, 5) is 10.4. The zero-order valence-electron chi connectivity index (χ0n) is 22.5. The van der Waals surface area contributed by atoms with Crippen molar-refractivity contribution in [2.45, 2.75) is 106 Å². The van der Waals surface area contributed by atoms with Gasteiger partial charge in [-0.3, -0.25) is 19.6 Å². The van der Waals surface area contributed by atoms with Gasteiger partial charge in [-0.25, -0.2) is 0 Å². The topological polar surface area (TPSA) is 25.0 Å². The van der Waals surface area contributed by atoms with E-state index in [4.69, 9.17) is 0 Å². The van der Waals surface area contributed by atoms with Crippen LogP contribution in [-0.2, 0) is 0 Å². The van der Waals surface area contributed by atoms with Crippen LogP contribution in [0.15, 0.2) is 0 Å². The molecule has 0 aliphatic carbocycles. The maximum absolute atomic E-state index is 3.70. The maximum atomic E-state index is 3.70. The van der Waals surface area contributed by atoms with Gasteiger partial charge in [-0.1, -0.05) is 6.92 Å². The highest BCUT2D eigenvalue weighted by Crippen LogP contribution is 2.06.